The van der Waals surface area contributed by atoms with Crippen molar-refractivity contribution >= 4 is 29.0 Å². The molecule has 1 rings (SSSR count). The molecule has 0 aliphatic rings. The van der Waals surface area contributed by atoms with E-state index in [2.05, 4.69) is 35.6 Å². The summed E-state index contributed by atoms with van der Waals surface area (Å²) < 4.78 is 0. The molecule has 0 aliphatic carbocycles. The van der Waals surface area contributed by atoms with Crippen LogP contribution < -0.4 is 4.90 Å². The van der Waals surface area contributed by atoms with Crippen molar-refractivity contribution in [2.24, 2.45) is 5.92 Å². The molecule has 17 heavy (non-hydrogen) atoms. The molecule has 1 aromatic rings. The molecule has 0 N–H and O–H groups in total. The van der Waals surface area contributed by atoms with Crippen molar-refractivity contribution < 1.29 is 0 Å². The van der Waals surface area contributed by atoms with Crippen molar-refractivity contribution in [2.75, 3.05) is 18.0 Å². The Kier molecular flexibility index (Phi) is 6.00. The van der Waals surface area contributed by atoms with Crippen molar-refractivity contribution in [1.29, 1.82) is 0 Å². The maximum absolute atomic E-state index is 6.04. The van der Waals surface area contributed by atoms with E-state index in [4.69, 9.17) is 23.2 Å². The lowest BCUT2D eigenvalue weighted by Crippen LogP contribution is -2.30. The van der Waals surface area contributed by atoms with Gasteiger partial charge in [-0.1, -0.05) is 31.9 Å². The van der Waals surface area contributed by atoms with Gasteiger partial charge in [-0.2, -0.15) is 0 Å². The summed E-state index contributed by atoms with van der Waals surface area (Å²) in [5.41, 5.74) is 0.820. The monoisotopic (exact) mass is 275 g/mol. The molecule has 0 saturated carbocycles. The molecule has 0 radical (unpaired) electrons. The van der Waals surface area contributed by atoms with Crippen LogP contribution in [0.25, 0.3) is 0 Å². The van der Waals surface area contributed by atoms with Gasteiger partial charge in [-0.25, -0.2) is 9.97 Å². The molecule has 0 amide bonds. The van der Waals surface area contributed by atoms with E-state index in [0.717, 1.165) is 30.9 Å². The van der Waals surface area contributed by atoms with E-state index in [1.165, 1.54) is 6.33 Å². The van der Waals surface area contributed by atoms with Crippen LogP contribution in [-0.4, -0.2) is 23.1 Å². The average molecular weight is 276 g/mol. The summed E-state index contributed by atoms with van der Waals surface area (Å²) in [7, 11) is 0. The topological polar surface area (TPSA) is 29.0 Å². The molecule has 1 heterocycles. The third kappa shape index (κ3) is 3.71. The van der Waals surface area contributed by atoms with Gasteiger partial charge >= 0.3 is 0 Å². The Morgan fingerprint density at radius 3 is 2.59 bits per heavy atom. The van der Waals surface area contributed by atoms with Crippen LogP contribution in [0.15, 0.2) is 6.33 Å². The quantitative estimate of drug-likeness (QED) is 0.585. The zero-order chi connectivity index (χ0) is 12.8. The van der Waals surface area contributed by atoms with Gasteiger partial charge in [0, 0.05) is 18.7 Å². The number of hydrogen-bond donors (Lipinski definition) is 0. The highest BCUT2D eigenvalue weighted by molar-refractivity contribution is 6.31. The van der Waals surface area contributed by atoms with Gasteiger partial charge in [0.05, 0.1) is 5.88 Å². The number of hydrogen-bond acceptors (Lipinski definition) is 3. The molecule has 0 saturated heterocycles. The third-order valence-corrected chi connectivity index (χ3v) is 3.51. The van der Waals surface area contributed by atoms with Gasteiger partial charge < -0.3 is 4.90 Å². The van der Waals surface area contributed by atoms with Crippen LogP contribution in [-0.2, 0) is 5.88 Å². The predicted octanol–water partition coefficient (Wildman–Crippen LogP) is 3.74. The summed E-state index contributed by atoms with van der Waals surface area (Å²) in [6, 6.07) is 0. The Balaban J connectivity index is 2.98. The Labute approximate surface area is 113 Å². The molecule has 96 valence electrons. The smallest absolute Gasteiger partial charge is 0.138 e. The highest BCUT2D eigenvalue weighted by atomic mass is 35.5. The van der Waals surface area contributed by atoms with Crippen molar-refractivity contribution in [2.45, 2.75) is 33.1 Å². The Hall–Kier alpha value is -0.540. The predicted molar refractivity (Wildman–Crippen MR) is 73.9 cm³/mol. The number of anilines is 1. The molecular weight excluding hydrogens is 257 g/mol. The van der Waals surface area contributed by atoms with Crippen LogP contribution in [0.1, 0.15) is 32.8 Å². The van der Waals surface area contributed by atoms with Gasteiger partial charge in [-0.3, -0.25) is 0 Å². The van der Waals surface area contributed by atoms with Crippen molar-refractivity contribution in [3.63, 3.8) is 0 Å². The van der Waals surface area contributed by atoms with Gasteiger partial charge in [0.1, 0.15) is 17.3 Å². The van der Waals surface area contributed by atoms with E-state index in [0.29, 0.717) is 17.0 Å². The molecule has 1 atom stereocenters. The fourth-order valence-electron chi connectivity index (χ4n) is 1.64. The molecule has 0 aromatic carbocycles. The first-order chi connectivity index (χ1) is 8.13. The van der Waals surface area contributed by atoms with Crippen molar-refractivity contribution in [3.8, 4) is 0 Å². The SMILES string of the molecule is CCC(C)CN(CC)c1ncnc(Cl)c1CCl. The van der Waals surface area contributed by atoms with Gasteiger partial charge in [0.15, 0.2) is 0 Å². The standard InChI is InChI=1S/C12H19Cl2N3/c1-4-9(3)7-17(5-2)12-10(6-13)11(14)15-8-16-12/h8-9H,4-7H2,1-3H3. The van der Waals surface area contributed by atoms with Crippen LogP contribution in [0.3, 0.4) is 0 Å². The summed E-state index contributed by atoms with van der Waals surface area (Å²) in [5.74, 6) is 1.82. The summed E-state index contributed by atoms with van der Waals surface area (Å²) in [4.78, 5) is 10.5. The van der Waals surface area contributed by atoms with E-state index >= 15 is 0 Å². The minimum Gasteiger partial charge on any atom is -0.356 e. The second-order valence-electron chi connectivity index (χ2n) is 4.15. The first-order valence-electron chi connectivity index (χ1n) is 5.94. The van der Waals surface area contributed by atoms with Gasteiger partial charge in [-0.05, 0) is 12.8 Å². The second-order valence-corrected chi connectivity index (χ2v) is 4.78. The van der Waals surface area contributed by atoms with Crippen LogP contribution >= 0.6 is 23.2 Å². The number of nitrogens with zero attached hydrogens (tertiary/aromatic N) is 3. The molecule has 1 aromatic heterocycles. The zero-order valence-electron chi connectivity index (χ0n) is 10.6. The Morgan fingerprint density at radius 1 is 1.35 bits per heavy atom. The minimum atomic E-state index is 0.339. The fourth-order valence-corrected chi connectivity index (χ4v) is 2.15. The lowest BCUT2D eigenvalue weighted by atomic mass is 10.1. The van der Waals surface area contributed by atoms with Crippen molar-refractivity contribution in [1.82, 2.24) is 9.97 Å². The average Bonchev–Trinajstić information content (AvgIpc) is 2.35. The summed E-state index contributed by atoms with van der Waals surface area (Å²) in [6.45, 7) is 8.38. The molecule has 1 unspecified atom stereocenters. The molecule has 0 aliphatic heterocycles. The summed E-state index contributed by atoms with van der Waals surface area (Å²) in [6.07, 6.45) is 2.64. The second kappa shape index (κ2) is 7.02. The first-order valence-corrected chi connectivity index (χ1v) is 6.85. The number of alkyl halides is 1. The number of aromatic nitrogens is 2. The number of halogens is 2. The lowest BCUT2D eigenvalue weighted by Gasteiger charge is -2.26. The summed E-state index contributed by atoms with van der Waals surface area (Å²) >= 11 is 12.0. The summed E-state index contributed by atoms with van der Waals surface area (Å²) in [5, 5.41) is 0.451. The Bertz CT molecular complexity index is 358. The highest BCUT2D eigenvalue weighted by Crippen LogP contribution is 2.25. The fraction of sp³-hybridized carbons (Fsp3) is 0.667. The Morgan fingerprint density at radius 2 is 2.06 bits per heavy atom. The molecule has 0 spiro atoms. The van der Waals surface area contributed by atoms with Gasteiger partial charge in [0.25, 0.3) is 0 Å². The molecule has 3 nitrogen and oxygen atoms in total. The molecule has 5 heteroatoms. The van der Waals surface area contributed by atoms with E-state index in [1.807, 2.05) is 0 Å². The molecular formula is C12H19Cl2N3. The lowest BCUT2D eigenvalue weighted by molar-refractivity contribution is 0.544. The highest BCUT2D eigenvalue weighted by Gasteiger charge is 2.16. The third-order valence-electron chi connectivity index (χ3n) is 2.91. The maximum Gasteiger partial charge on any atom is 0.138 e. The van der Waals surface area contributed by atoms with E-state index in [-0.39, 0.29) is 0 Å². The van der Waals surface area contributed by atoms with Crippen LogP contribution in [0.5, 0.6) is 0 Å². The maximum atomic E-state index is 6.04. The van der Waals surface area contributed by atoms with Gasteiger partial charge in [0.2, 0.25) is 0 Å². The normalized spacial score (nSPS) is 12.5. The largest absolute Gasteiger partial charge is 0.356 e. The van der Waals surface area contributed by atoms with E-state index < -0.39 is 0 Å². The van der Waals surface area contributed by atoms with E-state index in [9.17, 15) is 0 Å². The van der Waals surface area contributed by atoms with Crippen LogP contribution in [0.2, 0.25) is 5.15 Å². The van der Waals surface area contributed by atoms with Gasteiger partial charge in [-0.15, -0.1) is 11.6 Å². The molecule has 0 fully saturated rings. The van der Waals surface area contributed by atoms with Crippen LogP contribution in [0.4, 0.5) is 5.82 Å². The van der Waals surface area contributed by atoms with E-state index in [1.54, 1.807) is 0 Å². The first kappa shape index (κ1) is 14.5. The van der Waals surface area contributed by atoms with Crippen LogP contribution in [0, 0.1) is 5.92 Å². The number of rotatable bonds is 6. The van der Waals surface area contributed by atoms with Crippen molar-refractivity contribution in [3.05, 3.63) is 17.0 Å². The minimum absolute atomic E-state index is 0.339. The zero-order valence-corrected chi connectivity index (χ0v) is 12.1. The molecule has 0 bridgehead atoms.